The van der Waals surface area contributed by atoms with Gasteiger partial charge in [0.25, 0.3) is 0 Å². The molecule has 0 heterocycles. The summed E-state index contributed by atoms with van der Waals surface area (Å²) in [5.74, 6) is -0.372. The molecule has 0 aromatic carbocycles. The van der Waals surface area contributed by atoms with Crippen molar-refractivity contribution >= 4 is 5.97 Å². The number of hydrogen-bond acceptors (Lipinski definition) is 4. The van der Waals surface area contributed by atoms with Crippen molar-refractivity contribution in [3.8, 4) is 0 Å². The normalized spacial score (nSPS) is 12.2. The van der Waals surface area contributed by atoms with Gasteiger partial charge in [-0.1, -0.05) is 6.08 Å². The first-order valence-corrected chi connectivity index (χ1v) is 4.29. The Labute approximate surface area is 78.7 Å². The predicted octanol–water partition coefficient (Wildman–Crippen LogP) is 0.469. The van der Waals surface area contributed by atoms with Crippen LogP contribution in [0, 0.1) is 0 Å². The van der Waals surface area contributed by atoms with Crippen LogP contribution < -0.4 is 5.73 Å². The van der Waals surface area contributed by atoms with Crippen LogP contribution in [0.4, 0.5) is 0 Å². The standard InChI is InChI=1S/C9H17NO3/c1-3-5-12-6-4-7-13-9(11)8(2)10/h3,8H,1,4-7,10H2,2H3. The summed E-state index contributed by atoms with van der Waals surface area (Å²) in [5.41, 5.74) is 5.28. The fraction of sp³-hybridized carbons (Fsp3) is 0.667. The number of hydrogen-bond donors (Lipinski definition) is 1. The van der Waals surface area contributed by atoms with E-state index >= 15 is 0 Å². The SMILES string of the molecule is C=CCOCCCOC(=O)C(C)N. The molecule has 0 fully saturated rings. The summed E-state index contributed by atoms with van der Waals surface area (Å²) in [6, 6.07) is -0.547. The zero-order valence-corrected chi connectivity index (χ0v) is 7.99. The van der Waals surface area contributed by atoms with Gasteiger partial charge in [0.1, 0.15) is 6.04 Å². The van der Waals surface area contributed by atoms with Crippen molar-refractivity contribution in [3.63, 3.8) is 0 Å². The van der Waals surface area contributed by atoms with Gasteiger partial charge < -0.3 is 15.2 Å². The highest BCUT2D eigenvalue weighted by Gasteiger charge is 2.07. The second-order valence-corrected chi connectivity index (χ2v) is 2.67. The van der Waals surface area contributed by atoms with Gasteiger partial charge in [0.15, 0.2) is 0 Å². The van der Waals surface area contributed by atoms with Gasteiger partial charge in [-0.05, 0) is 6.92 Å². The van der Waals surface area contributed by atoms with E-state index in [1.165, 1.54) is 0 Å². The lowest BCUT2D eigenvalue weighted by Crippen LogP contribution is -2.29. The van der Waals surface area contributed by atoms with Gasteiger partial charge in [0.05, 0.1) is 19.8 Å². The molecular weight excluding hydrogens is 170 g/mol. The Morgan fingerprint density at radius 1 is 1.62 bits per heavy atom. The molecule has 0 aromatic heterocycles. The van der Waals surface area contributed by atoms with Gasteiger partial charge in [-0.2, -0.15) is 0 Å². The first kappa shape index (κ1) is 12.1. The summed E-state index contributed by atoms with van der Waals surface area (Å²) in [5, 5.41) is 0. The van der Waals surface area contributed by atoms with Crippen LogP contribution in [-0.2, 0) is 14.3 Å². The molecule has 0 saturated heterocycles. The Kier molecular flexibility index (Phi) is 7.24. The number of carbonyl (C=O) groups is 1. The fourth-order valence-corrected chi connectivity index (χ4v) is 0.632. The highest BCUT2D eigenvalue weighted by molar-refractivity contribution is 5.74. The van der Waals surface area contributed by atoms with Crippen LogP contribution in [0.5, 0.6) is 0 Å². The van der Waals surface area contributed by atoms with E-state index in [0.717, 1.165) is 0 Å². The summed E-state index contributed by atoms with van der Waals surface area (Å²) in [4.78, 5) is 10.8. The van der Waals surface area contributed by atoms with Crippen molar-refractivity contribution in [2.75, 3.05) is 19.8 Å². The highest BCUT2D eigenvalue weighted by Crippen LogP contribution is 1.88. The third kappa shape index (κ3) is 7.49. The molecule has 76 valence electrons. The zero-order valence-electron chi connectivity index (χ0n) is 7.99. The molecule has 0 saturated carbocycles. The van der Waals surface area contributed by atoms with Crippen LogP contribution in [0.3, 0.4) is 0 Å². The van der Waals surface area contributed by atoms with E-state index in [1.54, 1.807) is 13.0 Å². The Hall–Kier alpha value is -0.870. The summed E-state index contributed by atoms with van der Waals surface area (Å²) in [6.07, 6.45) is 2.36. The largest absolute Gasteiger partial charge is 0.464 e. The number of nitrogens with two attached hydrogens (primary N) is 1. The Bertz CT molecular complexity index is 157. The maximum Gasteiger partial charge on any atom is 0.322 e. The van der Waals surface area contributed by atoms with E-state index in [9.17, 15) is 4.79 Å². The molecule has 0 aliphatic heterocycles. The maximum absolute atomic E-state index is 10.8. The summed E-state index contributed by atoms with van der Waals surface area (Å²) >= 11 is 0. The molecule has 13 heavy (non-hydrogen) atoms. The Balaban J connectivity index is 3.16. The Morgan fingerprint density at radius 2 is 2.31 bits per heavy atom. The second-order valence-electron chi connectivity index (χ2n) is 2.67. The predicted molar refractivity (Wildman–Crippen MR) is 50.2 cm³/mol. The van der Waals surface area contributed by atoms with Gasteiger partial charge in [0, 0.05) is 6.42 Å². The zero-order chi connectivity index (χ0) is 10.1. The van der Waals surface area contributed by atoms with E-state index in [0.29, 0.717) is 26.2 Å². The van der Waals surface area contributed by atoms with Crippen molar-refractivity contribution in [2.45, 2.75) is 19.4 Å². The molecule has 0 aliphatic carbocycles. The van der Waals surface area contributed by atoms with Gasteiger partial charge >= 0.3 is 5.97 Å². The smallest absolute Gasteiger partial charge is 0.322 e. The van der Waals surface area contributed by atoms with Crippen LogP contribution in [0.1, 0.15) is 13.3 Å². The quantitative estimate of drug-likeness (QED) is 0.357. The van der Waals surface area contributed by atoms with Crippen LogP contribution in [0.15, 0.2) is 12.7 Å². The van der Waals surface area contributed by atoms with Gasteiger partial charge in [-0.25, -0.2) is 0 Å². The average Bonchev–Trinajstić information content (AvgIpc) is 2.10. The van der Waals surface area contributed by atoms with Gasteiger partial charge in [0.2, 0.25) is 0 Å². The van der Waals surface area contributed by atoms with Crippen molar-refractivity contribution in [2.24, 2.45) is 5.73 Å². The number of esters is 1. The molecule has 0 spiro atoms. The van der Waals surface area contributed by atoms with E-state index in [1.807, 2.05) is 0 Å². The fourth-order valence-electron chi connectivity index (χ4n) is 0.632. The number of ether oxygens (including phenoxy) is 2. The first-order valence-electron chi connectivity index (χ1n) is 4.29. The molecule has 0 rings (SSSR count). The lowest BCUT2D eigenvalue weighted by Gasteiger charge is -2.06. The molecule has 0 aliphatic rings. The van der Waals surface area contributed by atoms with Crippen LogP contribution in [0.2, 0.25) is 0 Å². The summed E-state index contributed by atoms with van der Waals surface area (Å²) in [7, 11) is 0. The second kappa shape index (κ2) is 7.76. The molecule has 0 radical (unpaired) electrons. The average molecular weight is 187 g/mol. The molecule has 1 atom stereocenters. The van der Waals surface area contributed by atoms with Crippen LogP contribution in [-0.4, -0.2) is 31.8 Å². The molecular formula is C9H17NO3. The molecule has 2 N–H and O–H groups in total. The first-order chi connectivity index (χ1) is 6.18. The molecule has 0 aromatic rings. The van der Waals surface area contributed by atoms with E-state index in [2.05, 4.69) is 6.58 Å². The summed E-state index contributed by atoms with van der Waals surface area (Å²) in [6.45, 7) is 6.55. The highest BCUT2D eigenvalue weighted by atomic mass is 16.5. The summed E-state index contributed by atoms with van der Waals surface area (Å²) < 4.78 is 9.90. The molecule has 4 nitrogen and oxygen atoms in total. The topological polar surface area (TPSA) is 61.5 Å². The molecule has 0 bridgehead atoms. The monoisotopic (exact) mass is 187 g/mol. The van der Waals surface area contributed by atoms with Crippen molar-refractivity contribution in [3.05, 3.63) is 12.7 Å². The lowest BCUT2D eigenvalue weighted by molar-refractivity contribution is -0.145. The molecule has 1 unspecified atom stereocenters. The van der Waals surface area contributed by atoms with Crippen molar-refractivity contribution in [1.82, 2.24) is 0 Å². The molecule has 4 heteroatoms. The van der Waals surface area contributed by atoms with Gasteiger partial charge in [-0.15, -0.1) is 6.58 Å². The third-order valence-corrected chi connectivity index (χ3v) is 1.28. The van der Waals surface area contributed by atoms with Crippen LogP contribution >= 0.6 is 0 Å². The lowest BCUT2D eigenvalue weighted by atomic mass is 10.4. The Morgan fingerprint density at radius 3 is 2.85 bits per heavy atom. The minimum Gasteiger partial charge on any atom is -0.464 e. The van der Waals surface area contributed by atoms with E-state index in [-0.39, 0.29) is 5.97 Å². The minimum absolute atomic E-state index is 0.359. The number of rotatable bonds is 7. The third-order valence-electron chi connectivity index (χ3n) is 1.28. The minimum atomic E-state index is -0.547. The van der Waals surface area contributed by atoms with E-state index in [4.69, 9.17) is 15.2 Å². The number of carbonyl (C=O) groups excluding carboxylic acids is 1. The van der Waals surface area contributed by atoms with Crippen molar-refractivity contribution in [1.29, 1.82) is 0 Å². The van der Waals surface area contributed by atoms with E-state index < -0.39 is 6.04 Å². The van der Waals surface area contributed by atoms with Crippen LogP contribution in [0.25, 0.3) is 0 Å². The maximum atomic E-state index is 10.8. The van der Waals surface area contributed by atoms with Crippen molar-refractivity contribution < 1.29 is 14.3 Å². The molecule has 0 amide bonds. The van der Waals surface area contributed by atoms with Gasteiger partial charge in [-0.3, -0.25) is 4.79 Å².